The minimum atomic E-state index is -0.274. The second kappa shape index (κ2) is 8.26. The van der Waals surface area contributed by atoms with Crippen molar-refractivity contribution in [1.29, 1.82) is 0 Å². The first-order chi connectivity index (χ1) is 14.4. The van der Waals surface area contributed by atoms with Crippen LogP contribution in [0.15, 0.2) is 41.2 Å². The Balaban J connectivity index is 1.92. The number of ether oxygens (including phenoxy) is 2. The molecule has 4 aromatic rings. The van der Waals surface area contributed by atoms with Crippen LogP contribution >= 0.6 is 34.5 Å². The van der Waals surface area contributed by atoms with Crippen LogP contribution in [0.5, 0.6) is 11.5 Å². The Hall–Kier alpha value is -2.61. The first kappa shape index (κ1) is 20.7. The summed E-state index contributed by atoms with van der Waals surface area (Å²) in [5, 5.41) is 6.44. The van der Waals surface area contributed by atoms with Gasteiger partial charge in [-0.3, -0.25) is 4.79 Å². The molecule has 0 aliphatic rings. The molecule has 0 radical (unpaired) electrons. The maximum absolute atomic E-state index is 13.1. The van der Waals surface area contributed by atoms with Gasteiger partial charge in [0.1, 0.15) is 5.69 Å². The lowest BCUT2D eigenvalue weighted by Crippen LogP contribution is -2.24. The lowest BCUT2D eigenvalue weighted by molar-refractivity contribution is 0.355. The van der Waals surface area contributed by atoms with E-state index in [-0.39, 0.29) is 12.1 Å². The first-order valence-electron chi connectivity index (χ1n) is 8.96. The van der Waals surface area contributed by atoms with Gasteiger partial charge in [-0.15, -0.1) is 11.3 Å². The second-order valence-corrected chi connectivity index (χ2v) is 8.57. The zero-order valence-corrected chi connectivity index (χ0v) is 18.7. The Morgan fingerprint density at radius 2 is 1.83 bits per heavy atom. The maximum atomic E-state index is 13.1. The van der Waals surface area contributed by atoms with Crippen molar-refractivity contribution >= 4 is 44.8 Å². The van der Waals surface area contributed by atoms with Crippen LogP contribution in [0.1, 0.15) is 10.6 Å². The van der Waals surface area contributed by atoms with Gasteiger partial charge in [-0.1, -0.05) is 29.3 Å². The second-order valence-electron chi connectivity index (χ2n) is 6.53. The fourth-order valence-corrected chi connectivity index (χ4v) is 4.54. The van der Waals surface area contributed by atoms with E-state index in [2.05, 4.69) is 10.1 Å². The molecule has 0 aliphatic heterocycles. The van der Waals surface area contributed by atoms with Gasteiger partial charge in [-0.2, -0.15) is 5.10 Å². The van der Waals surface area contributed by atoms with Gasteiger partial charge in [0.05, 0.1) is 30.5 Å². The van der Waals surface area contributed by atoms with E-state index in [0.717, 1.165) is 20.8 Å². The topological polar surface area (TPSA) is 66.2 Å². The molecule has 0 unspecified atom stereocenters. The minimum absolute atomic E-state index is 0.196. The average Bonchev–Trinajstić information content (AvgIpc) is 3.13. The van der Waals surface area contributed by atoms with Crippen molar-refractivity contribution in [2.45, 2.75) is 13.5 Å². The monoisotopic (exact) mass is 461 g/mol. The number of hydrogen-bond acceptors (Lipinski definition) is 6. The molecule has 30 heavy (non-hydrogen) atoms. The number of fused-ring (bicyclic) bond motifs is 1. The third kappa shape index (κ3) is 3.76. The third-order valence-corrected chi connectivity index (χ3v) is 6.16. The molecule has 0 atom stereocenters. The predicted molar refractivity (Wildman–Crippen MR) is 121 cm³/mol. The summed E-state index contributed by atoms with van der Waals surface area (Å²) in [6.07, 6.45) is 0. The number of methoxy groups -OCH3 is 2. The van der Waals surface area contributed by atoms with Crippen LogP contribution in [-0.4, -0.2) is 29.0 Å². The van der Waals surface area contributed by atoms with E-state index >= 15 is 0 Å². The summed E-state index contributed by atoms with van der Waals surface area (Å²) < 4.78 is 12.9. The summed E-state index contributed by atoms with van der Waals surface area (Å²) in [4.78, 5) is 17.5. The summed E-state index contributed by atoms with van der Waals surface area (Å²) in [6.45, 7) is 2.06. The van der Waals surface area contributed by atoms with E-state index in [1.165, 1.54) is 16.0 Å². The fraction of sp³-hybridized carbons (Fsp3) is 0.190. The number of hydrogen-bond donors (Lipinski definition) is 0. The van der Waals surface area contributed by atoms with Gasteiger partial charge in [0.2, 0.25) is 0 Å². The molecule has 9 heteroatoms. The van der Waals surface area contributed by atoms with Crippen LogP contribution in [-0.2, 0) is 6.54 Å². The molecule has 0 amide bonds. The molecule has 0 saturated heterocycles. The summed E-state index contributed by atoms with van der Waals surface area (Å²) >= 11 is 13.7. The number of nitrogens with zero attached hydrogens (tertiary/aromatic N) is 3. The number of aromatic nitrogens is 3. The van der Waals surface area contributed by atoms with E-state index in [1.807, 2.05) is 19.1 Å². The van der Waals surface area contributed by atoms with Gasteiger partial charge in [-0.05, 0) is 42.8 Å². The molecule has 6 nitrogen and oxygen atoms in total. The molecule has 0 bridgehead atoms. The van der Waals surface area contributed by atoms with E-state index in [9.17, 15) is 4.79 Å². The highest BCUT2D eigenvalue weighted by Crippen LogP contribution is 2.35. The largest absolute Gasteiger partial charge is 0.493 e. The smallest absolute Gasteiger partial charge is 0.294 e. The van der Waals surface area contributed by atoms with Crippen LogP contribution < -0.4 is 15.0 Å². The van der Waals surface area contributed by atoms with Crippen molar-refractivity contribution in [2.75, 3.05) is 14.2 Å². The van der Waals surface area contributed by atoms with E-state index < -0.39 is 0 Å². The van der Waals surface area contributed by atoms with Gasteiger partial charge in [-0.25, -0.2) is 9.67 Å². The SMILES string of the molecule is COc1ccc(-c2nn(Cc3ccc(Cl)cc3Cl)c(=O)c3nc(C)sc23)cc1OC. The number of thiazole rings is 1. The third-order valence-electron chi connectivity index (χ3n) is 4.60. The van der Waals surface area contributed by atoms with E-state index in [1.54, 1.807) is 38.5 Å². The fourth-order valence-electron chi connectivity index (χ4n) is 3.16. The van der Waals surface area contributed by atoms with Crippen LogP contribution in [0.25, 0.3) is 21.5 Å². The zero-order valence-electron chi connectivity index (χ0n) is 16.4. The molecule has 2 aromatic carbocycles. The lowest BCUT2D eigenvalue weighted by Gasteiger charge is -2.12. The van der Waals surface area contributed by atoms with Gasteiger partial charge in [0.25, 0.3) is 5.56 Å². The Bertz CT molecular complexity index is 1320. The number of aryl methyl sites for hydroxylation is 1. The quantitative estimate of drug-likeness (QED) is 0.408. The number of halogens is 2. The van der Waals surface area contributed by atoms with Crippen molar-refractivity contribution in [1.82, 2.24) is 14.8 Å². The summed E-state index contributed by atoms with van der Waals surface area (Å²) in [5.74, 6) is 1.18. The number of benzene rings is 2. The van der Waals surface area contributed by atoms with Gasteiger partial charge >= 0.3 is 0 Å². The molecule has 154 valence electrons. The highest BCUT2D eigenvalue weighted by molar-refractivity contribution is 7.19. The highest BCUT2D eigenvalue weighted by atomic mass is 35.5. The summed E-state index contributed by atoms with van der Waals surface area (Å²) in [7, 11) is 3.15. The Morgan fingerprint density at radius 1 is 1.07 bits per heavy atom. The summed E-state index contributed by atoms with van der Waals surface area (Å²) in [6, 6.07) is 10.7. The standard InChI is InChI=1S/C21H17Cl2N3O3S/c1-11-24-19-20(30-11)18(12-5-7-16(28-2)17(8-12)29-3)25-26(21(19)27)10-13-4-6-14(22)9-15(13)23/h4-9H,10H2,1-3H3. The van der Waals surface area contributed by atoms with Crippen LogP contribution in [0.4, 0.5) is 0 Å². The molecule has 0 fully saturated rings. The van der Waals surface area contributed by atoms with Crippen LogP contribution in [0, 0.1) is 6.92 Å². The Labute approximate surface area is 186 Å². The van der Waals surface area contributed by atoms with Crippen molar-refractivity contribution < 1.29 is 9.47 Å². The Morgan fingerprint density at radius 3 is 2.53 bits per heavy atom. The van der Waals surface area contributed by atoms with E-state index in [0.29, 0.717) is 32.8 Å². The average molecular weight is 462 g/mol. The van der Waals surface area contributed by atoms with Crippen LogP contribution in [0.3, 0.4) is 0 Å². The Kier molecular flexibility index (Phi) is 5.69. The van der Waals surface area contributed by atoms with Crippen molar-refractivity contribution in [3.63, 3.8) is 0 Å². The van der Waals surface area contributed by atoms with Crippen molar-refractivity contribution in [3.05, 3.63) is 67.4 Å². The molecule has 0 aliphatic carbocycles. The van der Waals surface area contributed by atoms with Crippen LogP contribution in [0.2, 0.25) is 10.0 Å². The molecular formula is C21H17Cl2N3O3S. The predicted octanol–water partition coefficient (Wildman–Crippen LogP) is 5.20. The first-order valence-corrected chi connectivity index (χ1v) is 10.5. The van der Waals surface area contributed by atoms with Gasteiger partial charge in [0, 0.05) is 15.6 Å². The minimum Gasteiger partial charge on any atom is -0.493 e. The van der Waals surface area contributed by atoms with Crippen molar-refractivity contribution in [3.8, 4) is 22.8 Å². The molecule has 2 aromatic heterocycles. The lowest BCUT2D eigenvalue weighted by atomic mass is 10.1. The summed E-state index contributed by atoms with van der Waals surface area (Å²) in [5.41, 5.74) is 2.27. The molecular weight excluding hydrogens is 445 g/mol. The number of rotatable bonds is 5. The maximum Gasteiger partial charge on any atom is 0.294 e. The van der Waals surface area contributed by atoms with Crippen molar-refractivity contribution in [2.24, 2.45) is 0 Å². The zero-order chi connectivity index (χ0) is 21.4. The normalized spacial score (nSPS) is 11.1. The van der Waals surface area contributed by atoms with Gasteiger partial charge < -0.3 is 9.47 Å². The molecule has 0 saturated carbocycles. The molecule has 2 heterocycles. The van der Waals surface area contributed by atoms with E-state index in [4.69, 9.17) is 32.7 Å². The van der Waals surface area contributed by atoms with Gasteiger partial charge in [0.15, 0.2) is 17.0 Å². The highest BCUT2D eigenvalue weighted by Gasteiger charge is 2.18. The molecule has 0 spiro atoms. The molecule has 4 rings (SSSR count). The molecule has 0 N–H and O–H groups in total.